The zero-order valence-corrected chi connectivity index (χ0v) is 17.4. The van der Waals surface area contributed by atoms with E-state index in [0.29, 0.717) is 25.3 Å². The fraction of sp³-hybridized carbons (Fsp3) is 0.200. The highest BCUT2D eigenvalue weighted by Crippen LogP contribution is 2.31. The van der Waals surface area contributed by atoms with Crippen molar-refractivity contribution in [2.75, 3.05) is 23.4 Å². The average Bonchev–Trinajstić information content (AvgIpc) is 3.23. The SMILES string of the molecule is CCOC(=O)N1CCc2cc(NC(=O)C(N)c3ccc(-c4ccccc4)cc3)ccc21. The number of rotatable bonds is 5. The molecule has 0 saturated carbocycles. The van der Waals surface area contributed by atoms with Gasteiger partial charge in [-0.05, 0) is 53.8 Å². The number of nitrogens with zero attached hydrogens (tertiary/aromatic N) is 1. The van der Waals surface area contributed by atoms with Crippen LogP contribution in [0.2, 0.25) is 0 Å². The van der Waals surface area contributed by atoms with E-state index in [1.54, 1.807) is 17.9 Å². The molecule has 3 aromatic rings. The van der Waals surface area contributed by atoms with E-state index < -0.39 is 6.04 Å². The van der Waals surface area contributed by atoms with Gasteiger partial charge in [-0.3, -0.25) is 9.69 Å². The lowest BCUT2D eigenvalue weighted by Crippen LogP contribution is -2.29. The molecule has 0 spiro atoms. The van der Waals surface area contributed by atoms with Crippen LogP contribution in [-0.4, -0.2) is 25.2 Å². The molecule has 0 radical (unpaired) electrons. The molecule has 3 aromatic carbocycles. The van der Waals surface area contributed by atoms with Crippen molar-refractivity contribution >= 4 is 23.4 Å². The first-order chi connectivity index (χ1) is 15.1. The highest BCUT2D eigenvalue weighted by atomic mass is 16.6. The fourth-order valence-corrected chi connectivity index (χ4v) is 3.76. The minimum atomic E-state index is -0.783. The van der Waals surface area contributed by atoms with Gasteiger partial charge >= 0.3 is 6.09 Å². The molecule has 3 N–H and O–H groups in total. The van der Waals surface area contributed by atoms with Crippen molar-refractivity contribution in [1.29, 1.82) is 0 Å². The maximum atomic E-state index is 12.7. The number of hydrogen-bond donors (Lipinski definition) is 2. The van der Waals surface area contributed by atoms with Crippen LogP contribution in [0.3, 0.4) is 0 Å². The quantitative estimate of drug-likeness (QED) is 0.642. The maximum Gasteiger partial charge on any atom is 0.414 e. The summed E-state index contributed by atoms with van der Waals surface area (Å²) in [5.74, 6) is -0.285. The molecule has 0 fully saturated rings. The summed E-state index contributed by atoms with van der Waals surface area (Å²) in [7, 11) is 0. The normalized spacial score (nSPS) is 13.4. The van der Waals surface area contributed by atoms with Crippen molar-refractivity contribution in [3.05, 3.63) is 83.9 Å². The molecule has 6 nitrogen and oxygen atoms in total. The van der Waals surface area contributed by atoms with Crippen LogP contribution in [0.4, 0.5) is 16.2 Å². The lowest BCUT2D eigenvalue weighted by molar-refractivity contribution is -0.117. The van der Waals surface area contributed by atoms with Crippen molar-refractivity contribution in [3.8, 4) is 11.1 Å². The van der Waals surface area contributed by atoms with E-state index in [2.05, 4.69) is 5.32 Å². The second-order valence-electron chi connectivity index (χ2n) is 7.40. The molecule has 1 aliphatic heterocycles. The van der Waals surface area contributed by atoms with E-state index in [1.165, 1.54) is 0 Å². The summed E-state index contributed by atoms with van der Waals surface area (Å²) in [4.78, 5) is 26.4. The van der Waals surface area contributed by atoms with Crippen LogP contribution in [0.1, 0.15) is 24.1 Å². The summed E-state index contributed by atoms with van der Waals surface area (Å²) in [6.07, 6.45) is 0.365. The Labute approximate surface area is 181 Å². The van der Waals surface area contributed by atoms with Crippen molar-refractivity contribution in [1.82, 2.24) is 0 Å². The number of benzene rings is 3. The van der Waals surface area contributed by atoms with Crippen molar-refractivity contribution in [3.63, 3.8) is 0 Å². The summed E-state index contributed by atoms with van der Waals surface area (Å²) >= 11 is 0. The van der Waals surface area contributed by atoms with E-state index in [-0.39, 0.29) is 12.0 Å². The third kappa shape index (κ3) is 4.44. The topological polar surface area (TPSA) is 84.7 Å². The fourth-order valence-electron chi connectivity index (χ4n) is 3.76. The molecule has 6 heteroatoms. The smallest absolute Gasteiger partial charge is 0.414 e. The van der Waals surface area contributed by atoms with Crippen molar-refractivity contribution in [2.24, 2.45) is 5.73 Å². The first-order valence-corrected chi connectivity index (χ1v) is 10.4. The molecule has 1 unspecified atom stereocenters. The van der Waals surface area contributed by atoms with Gasteiger partial charge in [-0.1, -0.05) is 54.6 Å². The van der Waals surface area contributed by atoms with Crippen LogP contribution in [0.5, 0.6) is 0 Å². The Morgan fingerprint density at radius 2 is 1.74 bits per heavy atom. The Morgan fingerprint density at radius 1 is 1.03 bits per heavy atom. The Bertz CT molecular complexity index is 1080. The number of anilines is 2. The second kappa shape index (κ2) is 9.02. The second-order valence-corrected chi connectivity index (χ2v) is 7.40. The van der Waals surface area contributed by atoms with Crippen LogP contribution >= 0.6 is 0 Å². The van der Waals surface area contributed by atoms with Crippen LogP contribution in [-0.2, 0) is 16.0 Å². The van der Waals surface area contributed by atoms with E-state index in [0.717, 1.165) is 27.9 Å². The maximum absolute atomic E-state index is 12.7. The first kappa shape index (κ1) is 20.6. The average molecular weight is 415 g/mol. The minimum Gasteiger partial charge on any atom is -0.449 e. The van der Waals surface area contributed by atoms with Gasteiger partial charge in [0.05, 0.1) is 12.3 Å². The zero-order valence-electron chi connectivity index (χ0n) is 17.4. The molecule has 31 heavy (non-hydrogen) atoms. The number of amides is 2. The number of nitrogens with one attached hydrogen (secondary N) is 1. The third-order valence-electron chi connectivity index (χ3n) is 5.39. The number of ether oxygens (including phenoxy) is 1. The molecule has 1 aliphatic rings. The molecule has 158 valence electrons. The van der Waals surface area contributed by atoms with Gasteiger partial charge < -0.3 is 15.8 Å². The van der Waals surface area contributed by atoms with E-state index in [9.17, 15) is 9.59 Å². The molecule has 0 bridgehead atoms. The monoisotopic (exact) mass is 415 g/mol. The third-order valence-corrected chi connectivity index (χ3v) is 5.39. The summed E-state index contributed by atoms with van der Waals surface area (Å²) < 4.78 is 5.10. The zero-order chi connectivity index (χ0) is 21.8. The van der Waals surface area contributed by atoms with Gasteiger partial charge in [-0.2, -0.15) is 0 Å². The standard InChI is InChI=1S/C25H25N3O3/c1-2-31-25(30)28-15-14-20-16-21(12-13-22(20)28)27-24(29)23(26)19-10-8-18(9-11-19)17-6-4-3-5-7-17/h3-13,16,23H,2,14-15,26H2,1H3,(H,27,29). The van der Waals surface area contributed by atoms with Gasteiger partial charge in [-0.25, -0.2) is 4.79 Å². The molecular weight excluding hydrogens is 390 g/mol. The molecule has 4 rings (SSSR count). The highest BCUT2D eigenvalue weighted by molar-refractivity contribution is 5.96. The predicted molar refractivity (Wildman–Crippen MR) is 122 cm³/mol. The van der Waals surface area contributed by atoms with Gasteiger partial charge in [-0.15, -0.1) is 0 Å². The number of hydrogen-bond acceptors (Lipinski definition) is 4. The number of carbonyl (C=O) groups is 2. The predicted octanol–water partition coefficient (Wildman–Crippen LogP) is 4.51. The molecule has 0 aromatic heterocycles. The van der Waals surface area contributed by atoms with Crippen LogP contribution < -0.4 is 16.0 Å². The largest absolute Gasteiger partial charge is 0.449 e. The molecular formula is C25H25N3O3. The minimum absolute atomic E-state index is 0.285. The van der Waals surface area contributed by atoms with Crippen LogP contribution in [0.15, 0.2) is 72.8 Å². The molecule has 1 atom stereocenters. The number of nitrogens with two attached hydrogens (primary N) is 1. The van der Waals surface area contributed by atoms with Gasteiger partial charge in [0.1, 0.15) is 6.04 Å². The molecule has 1 heterocycles. The van der Waals surface area contributed by atoms with Gasteiger partial charge in [0.25, 0.3) is 0 Å². The van der Waals surface area contributed by atoms with E-state index in [4.69, 9.17) is 10.5 Å². The number of fused-ring (bicyclic) bond motifs is 1. The van der Waals surface area contributed by atoms with Crippen LogP contribution in [0.25, 0.3) is 11.1 Å². The van der Waals surface area contributed by atoms with E-state index in [1.807, 2.05) is 66.7 Å². The first-order valence-electron chi connectivity index (χ1n) is 10.4. The van der Waals surface area contributed by atoms with Gasteiger partial charge in [0, 0.05) is 12.2 Å². The Morgan fingerprint density at radius 3 is 2.45 bits per heavy atom. The Kier molecular flexibility index (Phi) is 6.00. The summed E-state index contributed by atoms with van der Waals surface area (Å²) in [5.41, 5.74) is 11.6. The molecule has 0 aliphatic carbocycles. The Balaban J connectivity index is 1.43. The lowest BCUT2D eigenvalue weighted by Gasteiger charge is -2.17. The van der Waals surface area contributed by atoms with Crippen molar-refractivity contribution in [2.45, 2.75) is 19.4 Å². The summed E-state index contributed by atoms with van der Waals surface area (Å²) in [6, 6.07) is 22.5. The van der Waals surface area contributed by atoms with E-state index >= 15 is 0 Å². The number of carbonyl (C=O) groups excluding carboxylic acids is 2. The summed E-state index contributed by atoms with van der Waals surface area (Å²) in [5, 5.41) is 2.89. The van der Waals surface area contributed by atoms with Crippen molar-refractivity contribution < 1.29 is 14.3 Å². The molecule has 0 saturated heterocycles. The van der Waals surface area contributed by atoms with Crippen LogP contribution in [0, 0.1) is 0 Å². The highest BCUT2D eigenvalue weighted by Gasteiger charge is 2.26. The van der Waals surface area contributed by atoms with Gasteiger partial charge in [0.2, 0.25) is 5.91 Å². The van der Waals surface area contributed by atoms with Gasteiger partial charge in [0.15, 0.2) is 0 Å². The summed E-state index contributed by atoms with van der Waals surface area (Å²) in [6.45, 7) is 2.69. The lowest BCUT2D eigenvalue weighted by atomic mass is 10.0. The Hall–Kier alpha value is -3.64. The molecule has 2 amide bonds.